The molecule has 0 heterocycles. The van der Waals surface area contributed by atoms with E-state index in [1.807, 2.05) is 0 Å². The SMILES string of the molecule is CC(NC(=O)C(CCCN=C(N)N)NC(=O)C(N)CCCN=C(N)N)C(=O)NC(CCC(=O)O)C(=O)O. The number of carboxylic acids is 2. The molecule has 0 aromatic rings. The third-order valence-electron chi connectivity index (χ3n) is 4.90. The lowest BCUT2D eigenvalue weighted by Crippen LogP contribution is -2.56. The smallest absolute Gasteiger partial charge is 0.326 e. The maximum Gasteiger partial charge on any atom is 0.326 e. The van der Waals surface area contributed by atoms with Crippen LogP contribution in [0.25, 0.3) is 0 Å². The molecule has 0 aliphatic carbocycles. The molecular weight excluding hydrogens is 492 g/mol. The van der Waals surface area contributed by atoms with Crippen molar-refractivity contribution >= 4 is 41.6 Å². The molecule has 0 radical (unpaired) electrons. The van der Waals surface area contributed by atoms with E-state index in [0.717, 1.165) is 0 Å². The molecule has 37 heavy (non-hydrogen) atoms. The van der Waals surface area contributed by atoms with Crippen LogP contribution in [0.15, 0.2) is 9.98 Å². The zero-order valence-corrected chi connectivity index (χ0v) is 20.7. The molecule has 0 saturated heterocycles. The van der Waals surface area contributed by atoms with Gasteiger partial charge in [0.05, 0.1) is 6.04 Å². The molecule has 210 valence electrons. The molecule has 0 rings (SSSR count). The molecule has 0 bridgehead atoms. The molecule has 0 aliphatic rings. The summed E-state index contributed by atoms with van der Waals surface area (Å²) in [6.45, 7) is 1.74. The maximum atomic E-state index is 12.8. The number of nitrogens with two attached hydrogens (primary N) is 5. The molecule has 0 aromatic carbocycles. The number of carbonyl (C=O) groups is 5. The summed E-state index contributed by atoms with van der Waals surface area (Å²) in [5.41, 5.74) is 26.9. The third kappa shape index (κ3) is 15.5. The van der Waals surface area contributed by atoms with Crippen LogP contribution in [0, 0.1) is 0 Å². The van der Waals surface area contributed by atoms with Crippen LogP contribution in [0.2, 0.25) is 0 Å². The van der Waals surface area contributed by atoms with Crippen molar-refractivity contribution in [2.24, 2.45) is 38.7 Å². The van der Waals surface area contributed by atoms with Gasteiger partial charge in [-0.05, 0) is 39.0 Å². The van der Waals surface area contributed by atoms with Crippen molar-refractivity contribution in [3.05, 3.63) is 0 Å². The number of amides is 3. The number of guanidine groups is 2. The Labute approximate surface area is 213 Å². The summed E-state index contributed by atoms with van der Waals surface area (Å²) in [7, 11) is 0. The molecule has 0 saturated carbocycles. The average molecular weight is 531 g/mol. The van der Waals surface area contributed by atoms with E-state index >= 15 is 0 Å². The first-order valence-corrected chi connectivity index (χ1v) is 11.5. The number of nitrogens with one attached hydrogen (secondary N) is 3. The zero-order valence-electron chi connectivity index (χ0n) is 20.7. The Kier molecular flexibility index (Phi) is 15.4. The van der Waals surface area contributed by atoms with Gasteiger partial charge in [0, 0.05) is 19.5 Å². The largest absolute Gasteiger partial charge is 0.481 e. The fourth-order valence-corrected chi connectivity index (χ4v) is 2.90. The summed E-state index contributed by atoms with van der Waals surface area (Å²) >= 11 is 0. The van der Waals surface area contributed by atoms with E-state index in [1.54, 1.807) is 0 Å². The molecule has 4 unspecified atom stereocenters. The summed E-state index contributed by atoms with van der Waals surface area (Å²) < 4.78 is 0. The topological polar surface area (TPSA) is 317 Å². The Balaban J connectivity index is 5.19. The number of carbonyl (C=O) groups excluding carboxylic acids is 3. The summed E-state index contributed by atoms with van der Waals surface area (Å²) in [6.07, 6.45) is 0.219. The standard InChI is InChI=1S/C20H38N10O7/c1-10(15(33)30-13(18(36)37)6-7-14(31)32)28-17(35)12(5-3-9-27-20(24)25)29-16(34)11(21)4-2-8-26-19(22)23/h10-13H,2-9,21H2,1H3,(H,28,35)(H,29,34)(H,30,33)(H,31,32)(H,36,37)(H4,22,23,26)(H4,24,25,27). The van der Waals surface area contributed by atoms with Gasteiger partial charge in [0.2, 0.25) is 17.7 Å². The highest BCUT2D eigenvalue weighted by Crippen LogP contribution is 2.04. The van der Waals surface area contributed by atoms with Crippen LogP contribution in [-0.2, 0) is 24.0 Å². The highest BCUT2D eigenvalue weighted by atomic mass is 16.4. The zero-order chi connectivity index (χ0) is 28.5. The van der Waals surface area contributed by atoms with Crippen LogP contribution in [-0.4, -0.2) is 89.0 Å². The summed E-state index contributed by atoms with van der Waals surface area (Å²) in [5.74, 6) is -5.09. The van der Waals surface area contributed by atoms with E-state index < -0.39 is 60.2 Å². The minimum Gasteiger partial charge on any atom is -0.481 e. The summed E-state index contributed by atoms with van der Waals surface area (Å²) in [6, 6.07) is -4.74. The lowest BCUT2D eigenvalue weighted by molar-refractivity contribution is -0.143. The number of carboxylic acid groups (broad SMARTS) is 2. The van der Waals surface area contributed by atoms with Gasteiger partial charge in [-0.15, -0.1) is 0 Å². The van der Waals surface area contributed by atoms with Crippen LogP contribution in [0.5, 0.6) is 0 Å². The fourth-order valence-electron chi connectivity index (χ4n) is 2.90. The van der Waals surface area contributed by atoms with Crippen LogP contribution in [0.3, 0.4) is 0 Å². The van der Waals surface area contributed by atoms with E-state index in [1.165, 1.54) is 6.92 Å². The first-order chi connectivity index (χ1) is 17.2. The monoisotopic (exact) mass is 530 g/mol. The Morgan fingerprint density at radius 1 is 0.730 bits per heavy atom. The highest BCUT2D eigenvalue weighted by Gasteiger charge is 2.28. The number of aliphatic carboxylic acids is 2. The molecule has 3 amide bonds. The second kappa shape index (κ2) is 17.3. The van der Waals surface area contributed by atoms with Crippen molar-refractivity contribution < 1.29 is 34.2 Å². The minimum absolute atomic E-state index is 0.0924. The first-order valence-electron chi connectivity index (χ1n) is 11.5. The van der Waals surface area contributed by atoms with Gasteiger partial charge in [-0.3, -0.25) is 29.2 Å². The molecule has 0 fully saturated rings. The van der Waals surface area contributed by atoms with Crippen LogP contribution >= 0.6 is 0 Å². The Morgan fingerprint density at radius 3 is 1.73 bits per heavy atom. The molecule has 0 spiro atoms. The Morgan fingerprint density at radius 2 is 1.24 bits per heavy atom. The Hall–Kier alpha value is -4.15. The number of rotatable bonds is 18. The van der Waals surface area contributed by atoms with Crippen molar-refractivity contribution in [2.45, 2.75) is 69.6 Å². The second-order valence-corrected chi connectivity index (χ2v) is 8.13. The van der Waals surface area contributed by atoms with E-state index in [2.05, 4.69) is 25.9 Å². The van der Waals surface area contributed by atoms with Gasteiger partial charge >= 0.3 is 11.9 Å². The predicted octanol–water partition coefficient (Wildman–Crippen LogP) is -4.16. The molecule has 17 nitrogen and oxygen atoms in total. The van der Waals surface area contributed by atoms with Gasteiger partial charge in [-0.25, -0.2) is 4.79 Å². The number of nitrogens with zero attached hydrogens (tertiary/aromatic N) is 2. The van der Waals surface area contributed by atoms with Gasteiger partial charge in [0.1, 0.15) is 18.1 Å². The summed E-state index contributed by atoms with van der Waals surface area (Å²) in [4.78, 5) is 67.4. The highest BCUT2D eigenvalue weighted by molar-refractivity contribution is 5.94. The average Bonchev–Trinajstić information content (AvgIpc) is 2.79. The van der Waals surface area contributed by atoms with Crippen molar-refractivity contribution in [3.63, 3.8) is 0 Å². The summed E-state index contributed by atoms with van der Waals surface area (Å²) in [5, 5.41) is 25.0. The lowest BCUT2D eigenvalue weighted by Gasteiger charge is -2.23. The molecule has 0 aromatic heterocycles. The van der Waals surface area contributed by atoms with E-state index in [4.69, 9.17) is 33.8 Å². The molecular formula is C20H38N10O7. The van der Waals surface area contributed by atoms with Gasteiger partial charge < -0.3 is 54.8 Å². The first kappa shape index (κ1) is 32.8. The van der Waals surface area contributed by atoms with Crippen LogP contribution < -0.4 is 44.6 Å². The van der Waals surface area contributed by atoms with E-state index in [-0.39, 0.29) is 44.3 Å². The van der Waals surface area contributed by atoms with Crippen molar-refractivity contribution in [3.8, 4) is 0 Å². The van der Waals surface area contributed by atoms with Crippen LogP contribution in [0.1, 0.15) is 45.4 Å². The van der Waals surface area contributed by atoms with E-state index in [9.17, 15) is 29.1 Å². The van der Waals surface area contributed by atoms with Crippen LogP contribution in [0.4, 0.5) is 0 Å². The van der Waals surface area contributed by atoms with E-state index in [0.29, 0.717) is 12.8 Å². The predicted molar refractivity (Wildman–Crippen MR) is 134 cm³/mol. The number of hydrogen-bond donors (Lipinski definition) is 10. The molecule has 15 N–H and O–H groups in total. The maximum absolute atomic E-state index is 12.8. The van der Waals surface area contributed by atoms with Gasteiger partial charge in [0.25, 0.3) is 0 Å². The molecule has 0 aliphatic heterocycles. The third-order valence-corrected chi connectivity index (χ3v) is 4.90. The number of aliphatic imine (C=N–C) groups is 2. The van der Waals surface area contributed by atoms with Gasteiger partial charge in [-0.2, -0.15) is 0 Å². The Bertz CT molecular complexity index is 856. The van der Waals surface area contributed by atoms with Crippen molar-refractivity contribution in [2.75, 3.05) is 13.1 Å². The molecule has 17 heteroatoms. The van der Waals surface area contributed by atoms with Crippen molar-refractivity contribution in [1.29, 1.82) is 0 Å². The van der Waals surface area contributed by atoms with Gasteiger partial charge in [0.15, 0.2) is 11.9 Å². The normalized spacial score (nSPS) is 13.7. The van der Waals surface area contributed by atoms with Crippen molar-refractivity contribution in [1.82, 2.24) is 16.0 Å². The van der Waals surface area contributed by atoms with Gasteiger partial charge in [-0.1, -0.05) is 0 Å². The minimum atomic E-state index is -1.46. The second-order valence-electron chi connectivity index (χ2n) is 8.13. The fraction of sp³-hybridized carbons (Fsp3) is 0.650. The molecule has 4 atom stereocenters. The lowest BCUT2D eigenvalue weighted by atomic mass is 10.1. The number of hydrogen-bond acceptors (Lipinski definition) is 8. The quantitative estimate of drug-likeness (QED) is 0.0458.